The van der Waals surface area contributed by atoms with E-state index in [-0.39, 0.29) is 35.9 Å². The number of carbonyl (C=O) groups excluding carboxylic acids is 2. The van der Waals surface area contributed by atoms with E-state index in [1.165, 1.54) is 19.2 Å². The predicted molar refractivity (Wildman–Crippen MR) is 126 cm³/mol. The summed E-state index contributed by atoms with van der Waals surface area (Å²) >= 11 is 0. The van der Waals surface area contributed by atoms with E-state index in [0.717, 1.165) is 40.9 Å². The molecule has 4 rings (SSSR count). The van der Waals surface area contributed by atoms with Gasteiger partial charge in [-0.25, -0.2) is 22.4 Å². The van der Waals surface area contributed by atoms with Crippen LogP contribution in [-0.2, 0) is 16.0 Å². The number of hydrogen-bond acceptors (Lipinski definition) is 5. The molecule has 1 aliphatic rings. The first-order valence-electron chi connectivity index (χ1n) is 11.0. The number of amides is 2. The van der Waals surface area contributed by atoms with Gasteiger partial charge in [-0.3, -0.25) is 14.7 Å². The van der Waals surface area contributed by atoms with Gasteiger partial charge in [0, 0.05) is 30.6 Å². The number of halogens is 4. The van der Waals surface area contributed by atoms with E-state index in [4.69, 9.17) is 10.5 Å². The van der Waals surface area contributed by atoms with Gasteiger partial charge >= 0.3 is 6.09 Å². The van der Waals surface area contributed by atoms with Crippen LogP contribution in [0, 0.1) is 23.3 Å². The van der Waals surface area contributed by atoms with E-state index in [9.17, 15) is 27.2 Å². The van der Waals surface area contributed by atoms with E-state index < -0.39 is 35.5 Å². The Hall–Kier alpha value is -4.15. The van der Waals surface area contributed by atoms with Crippen LogP contribution in [0.15, 0.2) is 48.7 Å². The number of pyridine rings is 1. The van der Waals surface area contributed by atoms with Gasteiger partial charge in [0.05, 0.1) is 24.3 Å². The predicted octanol–water partition coefficient (Wildman–Crippen LogP) is 4.60. The van der Waals surface area contributed by atoms with Crippen molar-refractivity contribution in [2.75, 3.05) is 23.7 Å². The fourth-order valence-corrected chi connectivity index (χ4v) is 3.49. The van der Waals surface area contributed by atoms with Crippen LogP contribution < -0.4 is 16.0 Å². The maximum atomic E-state index is 14.7. The number of aryl methyl sites for hydroxylation is 1. The maximum Gasteiger partial charge on any atom is 0.414 e. The lowest BCUT2D eigenvalue weighted by molar-refractivity contribution is -0.119. The van der Waals surface area contributed by atoms with Gasteiger partial charge in [0.15, 0.2) is 0 Å². The molecule has 0 radical (unpaired) electrons. The van der Waals surface area contributed by atoms with Crippen molar-refractivity contribution < 1.29 is 31.9 Å². The van der Waals surface area contributed by atoms with E-state index in [0.29, 0.717) is 12.0 Å². The Morgan fingerprint density at radius 2 is 1.75 bits per heavy atom. The minimum Gasteiger partial charge on any atom is -0.442 e. The lowest BCUT2D eigenvalue weighted by Gasteiger charge is -2.15. The zero-order valence-corrected chi connectivity index (χ0v) is 19.5. The summed E-state index contributed by atoms with van der Waals surface area (Å²) in [5.74, 6) is -3.11. The first-order chi connectivity index (χ1) is 17.1. The summed E-state index contributed by atoms with van der Waals surface area (Å²) < 4.78 is 58.7. The third-order valence-corrected chi connectivity index (χ3v) is 5.14. The second-order valence-electron chi connectivity index (χ2n) is 7.93. The number of hydrogen-bond donors (Lipinski definition) is 2. The molecule has 11 heteroatoms. The van der Waals surface area contributed by atoms with E-state index in [1.807, 2.05) is 6.92 Å². The molecule has 0 saturated carbocycles. The molecule has 7 nitrogen and oxygen atoms in total. The Bertz CT molecular complexity index is 1200. The van der Waals surface area contributed by atoms with Crippen LogP contribution in [0.1, 0.15) is 19.5 Å². The Balaban J connectivity index is 0.000000338. The average Bonchev–Trinajstić information content (AvgIpc) is 3.17. The molecule has 36 heavy (non-hydrogen) atoms. The highest BCUT2D eigenvalue weighted by Crippen LogP contribution is 2.32. The lowest BCUT2D eigenvalue weighted by Crippen LogP contribution is -2.33. The van der Waals surface area contributed by atoms with Crippen LogP contribution in [0.5, 0.6) is 0 Å². The summed E-state index contributed by atoms with van der Waals surface area (Å²) in [5, 5.41) is 2.55. The topological polar surface area (TPSA) is 97.5 Å². The molecule has 0 aliphatic carbocycles. The number of aromatic nitrogens is 1. The molecular weight excluding hydrogens is 480 g/mol. The normalized spacial score (nSPS) is 14.7. The average molecular weight is 504 g/mol. The summed E-state index contributed by atoms with van der Waals surface area (Å²) in [6.07, 6.45) is 0.851. The minimum absolute atomic E-state index is 0.0637. The maximum absolute atomic E-state index is 14.7. The summed E-state index contributed by atoms with van der Waals surface area (Å²) in [7, 11) is 0. The van der Waals surface area contributed by atoms with E-state index in [1.54, 1.807) is 6.07 Å². The first kappa shape index (κ1) is 26.5. The monoisotopic (exact) mass is 504 g/mol. The molecule has 1 saturated heterocycles. The van der Waals surface area contributed by atoms with Gasteiger partial charge < -0.3 is 15.8 Å². The molecule has 1 unspecified atom stereocenters. The third-order valence-electron chi connectivity index (χ3n) is 5.14. The lowest BCUT2D eigenvalue weighted by atomic mass is 10.0. The van der Waals surface area contributed by atoms with Crippen molar-refractivity contribution in [2.24, 2.45) is 0 Å². The number of anilines is 2. The van der Waals surface area contributed by atoms with Gasteiger partial charge in [-0.1, -0.05) is 6.92 Å². The number of cyclic esters (lactones) is 1. The molecule has 190 valence electrons. The van der Waals surface area contributed by atoms with E-state index in [2.05, 4.69) is 10.3 Å². The highest BCUT2D eigenvalue weighted by molar-refractivity contribution is 5.90. The standard InChI is InChI=1S/C19H19F2N3O3.C6H5F2N/c1-3-13-6-12(4-5-22-13)18-16(20)7-14(8-17(18)21)24-10-15(27-19(24)26)9-23-11(2)25;7-4-1-5(8)3-6(9)2-4/h4-8,15H,3,9-10H2,1-2H3,(H,23,25);1-3H,9H2. The molecule has 1 aromatic heterocycles. The van der Waals surface area contributed by atoms with Gasteiger partial charge in [-0.15, -0.1) is 0 Å². The van der Waals surface area contributed by atoms with Crippen molar-refractivity contribution >= 4 is 23.4 Å². The minimum atomic E-state index is -0.781. The number of nitrogens with zero attached hydrogens (tertiary/aromatic N) is 2. The van der Waals surface area contributed by atoms with Crippen LogP contribution in [0.4, 0.5) is 33.7 Å². The van der Waals surface area contributed by atoms with Gasteiger partial charge in [0.25, 0.3) is 0 Å². The fraction of sp³-hybridized carbons (Fsp3) is 0.240. The van der Waals surface area contributed by atoms with Crippen molar-refractivity contribution in [3.05, 3.63) is 77.6 Å². The Morgan fingerprint density at radius 1 is 1.11 bits per heavy atom. The zero-order valence-electron chi connectivity index (χ0n) is 19.5. The third kappa shape index (κ3) is 6.71. The van der Waals surface area contributed by atoms with Gasteiger partial charge in [-0.05, 0) is 48.4 Å². The van der Waals surface area contributed by atoms with Gasteiger partial charge in [-0.2, -0.15) is 0 Å². The van der Waals surface area contributed by atoms with Crippen molar-refractivity contribution in [1.29, 1.82) is 0 Å². The molecule has 0 spiro atoms. The highest BCUT2D eigenvalue weighted by atomic mass is 19.1. The number of nitrogens with two attached hydrogens (primary N) is 1. The van der Waals surface area contributed by atoms with Crippen LogP contribution in [-0.4, -0.2) is 36.2 Å². The number of benzene rings is 2. The quantitative estimate of drug-likeness (QED) is 0.391. The first-order valence-corrected chi connectivity index (χ1v) is 11.0. The molecule has 1 fully saturated rings. The van der Waals surface area contributed by atoms with Crippen LogP contribution in [0.2, 0.25) is 0 Å². The molecule has 3 aromatic rings. The van der Waals surface area contributed by atoms with Crippen LogP contribution >= 0.6 is 0 Å². The van der Waals surface area contributed by atoms with Gasteiger partial charge in [0.1, 0.15) is 29.4 Å². The van der Waals surface area contributed by atoms with E-state index >= 15 is 0 Å². The summed E-state index contributed by atoms with van der Waals surface area (Å²) in [6, 6.07) is 8.27. The molecule has 1 aliphatic heterocycles. The largest absolute Gasteiger partial charge is 0.442 e. The summed E-state index contributed by atoms with van der Waals surface area (Å²) in [4.78, 5) is 28.3. The van der Waals surface area contributed by atoms with Crippen molar-refractivity contribution in [2.45, 2.75) is 26.4 Å². The summed E-state index contributed by atoms with van der Waals surface area (Å²) in [5.41, 5.74) is 6.19. The summed E-state index contributed by atoms with van der Waals surface area (Å²) in [6.45, 7) is 3.48. The Morgan fingerprint density at radius 3 is 2.31 bits per heavy atom. The molecule has 1 atom stereocenters. The molecule has 2 aromatic carbocycles. The second-order valence-corrected chi connectivity index (χ2v) is 7.93. The number of nitrogens with one attached hydrogen (secondary N) is 1. The smallest absolute Gasteiger partial charge is 0.414 e. The fourth-order valence-electron chi connectivity index (χ4n) is 3.49. The number of nitrogen functional groups attached to an aromatic ring is 1. The molecule has 0 bridgehead atoms. The van der Waals surface area contributed by atoms with Crippen molar-refractivity contribution in [3.63, 3.8) is 0 Å². The number of carbonyl (C=O) groups is 2. The highest BCUT2D eigenvalue weighted by Gasteiger charge is 2.33. The van der Waals surface area contributed by atoms with Crippen LogP contribution in [0.3, 0.4) is 0 Å². The van der Waals surface area contributed by atoms with Crippen LogP contribution in [0.25, 0.3) is 11.1 Å². The Labute approximate surface area is 204 Å². The zero-order chi connectivity index (χ0) is 26.4. The number of ether oxygens (including phenoxy) is 1. The second kappa shape index (κ2) is 11.5. The number of rotatable bonds is 5. The van der Waals surface area contributed by atoms with Gasteiger partial charge in [0.2, 0.25) is 5.91 Å². The van der Waals surface area contributed by atoms with Crippen molar-refractivity contribution in [1.82, 2.24) is 10.3 Å². The van der Waals surface area contributed by atoms with Crippen molar-refractivity contribution in [3.8, 4) is 11.1 Å². The Kier molecular flexibility index (Phi) is 8.46. The molecule has 2 amide bonds. The molecule has 2 heterocycles. The molecule has 3 N–H and O–H groups in total. The SMILES string of the molecule is CCc1cc(-c2c(F)cc(N3CC(CNC(C)=O)OC3=O)cc2F)ccn1.Nc1cc(F)cc(F)c1. The molecular formula is C25H24F4N4O3.